The summed E-state index contributed by atoms with van der Waals surface area (Å²) in [5.41, 5.74) is 0. The first-order valence-corrected chi connectivity index (χ1v) is 8.13. The van der Waals surface area contributed by atoms with Crippen molar-refractivity contribution >= 4 is 23.2 Å². The lowest BCUT2D eigenvalue weighted by atomic mass is 10.0. The molecule has 1 aromatic heterocycles. The third-order valence-corrected chi connectivity index (χ3v) is 4.76. The van der Waals surface area contributed by atoms with E-state index in [1.165, 1.54) is 4.88 Å². The second-order valence-electron chi connectivity index (χ2n) is 5.65. The molecule has 1 aliphatic rings. The highest BCUT2D eigenvalue weighted by Crippen LogP contribution is 2.21. The van der Waals surface area contributed by atoms with Crippen molar-refractivity contribution in [2.75, 3.05) is 26.7 Å². The third kappa shape index (κ3) is 5.13. The second-order valence-corrected chi connectivity index (χ2v) is 6.68. The summed E-state index contributed by atoms with van der Waals surface area (Å²) in [5.74, 6) is -0.195. The molecule has 0 bridgehead atoms. The van der Waals surface area contributed by atoms with Gasteiger partial charge in [0.15, 0.2) is 0 Å². The molecule has 0 aromatic carbocycles. The van der Waals surface area contributed by atoms with Crippen molar-refractivity contribution in [3.63, 3.8) is 0 Å². The van der Waals surface area contributed by atoms with Crippen LogP contribution in [0.4, 0.5) is 0 Å². The van der Waals surface area contributed by atoms with Crippen LogP contribution in [0.25, 0.3) is 0 Å². The van der Waals surface area contributed by atoms with E-state index in [0.29, 0.717) is 25.4 Å². The number of amides is 1. The van der Waals surface area contributed by atoms with Crippen LogP contribution >= 0.6 is 11.3 Å². The maximum atomic E-state index is 12.2. The number of likely N-dealkylation sites (N-methyl/N-ethyl adjacent to an activating group) is 1. The number of hydrogen-bond acceptors (Lipinski definition) is 4. The minimum absolute atomic E-state index is 0.127. The molecule has 1 unspecified atom stereocenters. The molecule has 6 heteroatoms. The molecule has 1 N–H and O–H groups in total. The Bertz CT molecular complexity index is 475. The smallest absolute Gasteiger partial charge is 0.303 e. The molecule has 1 saturated heterocycles. The maximum Gasteiger partial charge on any atom is 0.303 e. The van der Waals surface area contributed by atoms with Gasteiger partial charge in [0, 0.05) is 24.9 Å². The summed E-state index contributed by atoms with van der Waals surface area (Å²) in [5, 5.41) is 10.7. The van der Waals surface area contributed by atoms with Crippen molar-refractivity contribution in [2.24, 2.45) is 5.92 Å². The van der Waals surface area contributed by atoms with Crippen LogP contribution in [-0.2, 0) is 16.1 Å². The molecular formula is C15H22N2O3S. The molecule has 21 heavy (non-hydrogen) atoms. The fraction of sp³-hybridized carbons (Fsp3) is 0.600. The lowest BCUT2D eigenvalue weighted by Gasteiger charge is -2.21. The SMILES string of the molecule is CN(Cc1cccs1)C(=O)CN1CCC(CCC(=O)O)C1. The number of thiophene rings is 1. The van der Waals surface area contributed by atoms with Crippen LogP contribution in [0.1, 0.15) is 24.1 Å². The number of aliphatic carboxylic acids is 1. The summed E-state index contributed by atoms with van der Waals surface area (Å²) in [6.45, 7) is 2.83. The van der Waals surface area contributed by atoms with E-state index >= 15 is 0 Å². The zero-order valence-electron chi connectivity index (χ0n) is 12.3. The van der Waals surface area contributed by atoms with Crippen molar-refractivity contribution in [1.82, 2.24) is 9.80 Å². The Morgan fingerprint density at radius 1 is 1.52 bits per heavy atom. The van der Waals surface area contributed by atoms with Crippen molar-refractivity contribution < 1.29 is 14.7 Å². The van der Waals surface area contributed by atoms with Crippen molar-refractivity contribution in [1.29, 1.82) is 0 Å². The summed E-state index contributed by atoms with van der Waals surface area (Å²) >= 11 is 1.66. The minimum Gasteiger partial charge on any atom is -0.481 e. The van der Waals surface area contributed by atoms with Gasteiger partial charge in [-0.25, -0.2) is 0 Å². The minimum atomic E-state index is -0.736. The van der Waals surface area contributed by atoms with E-state index in [1.807, 2.05) is 24.6 Å². The maximum absolute atomic E-state index is 12.2. The standard InChI is InChI=1S/C15H22N2O3S/c1-16(10-13-3-2-8-21-13)14(18)11-17-7-6-12(9-17)4-5-15(19)20/h2-3,8,12H,4-7,9-11H2,1H3,(H,19,20). The number of carbonyl (C=O) groups excluding carboxylic acids is 1. The molecular weight excluding hydrogens is 288 g/mol. The molecule has 1 fully saturated rings. The van der Waals surface area contributed by atoms with E-state index in [-0.39, 0.29) is 12.3 Å². The van der Waals surface area contributed by atoms with Crippen LogP contribution in [0.2, 0.25) is 0 Å². The van der Waals surface area contributed by atoms with Gasteiger partial charge in [-0.05, 0) is 36.8 Å². The third-order valence-electron chi connectivity index (χ3n) is 3.89. The lowest BCUT2D eigenvalue weighted by molar-refractivity contribution is -0.137. The Morgan fingerprint density at radius 2 is 2.33 bits per heavy atom. The Balaban J connectivity index is 1.72. The molecule has 5 nitrogen and oxygen atoms in total. The molecule has 0 saturated carbocycles. The van der Waals surface area contributed by atoms with Gasteiger partial charge in [0.25, 0.3) is 0 Å². The Kier molecular flexibility index (Phi) is 5.76. The fourth-order valence-corrected chi connectivity index (χ4v) is 3.41. The van der Waals surface area contributed by atoms with Crippen LogP contribution in [0.15, 0.2) is 17.5 Å². The van der Waals surface area contributed by atoms with E-state index < -0.39 is 5.97 Å². The number of carboxylic acid groups (broad SMARTS) is 1. The average Bonchev–Trinajstić information content (AvgIpc) is 3.08. The Morgan fingerprint density at radius 3 is 3.00 bits per heavy atom. The van der Waals surface area contributed by atoms with Gasteiger partial charge in [0.1, 0.15) is 0 Å². The summed E-state index contributed by atoms with van der Waals surface area (Å²) in [4.78, 5) is 27.9. The number of rotatable bonds is 7. The van der Waals surface area contributed by atoms with E-state index in [2.05, 4.69) is 4.90 Å². The van der Waals surface area contributed by atoms with E-state index in [1.54, 1.807) is 16.2 Å². The van der Waals surface area contributed by atoms with Crippen LogP contribution < -0.4 is 0 Å². The Labute approximate surface area is 129 Å². The summed E-state index contributed by atoms with van der Waals surface area (Å²) in [6, 6.07) is 4.03. The van der Waals surface area contributed by atoms with Gasteiger partial charge in [0.2, 0.25) is 5.91 Å². The highest BCUT2D eigenvalue weighted by molar-refractivity contribution is 7.09. The number of hydrogen-bond donors (Lipinski definition) is 1. The molecule has 1 aliphatic heterocycles. The fourth-order valence-electron chi connectivity index (χ4n) is 2.66. The summed E-state index contributed by atoms with van der Waals surface area (Å²) < 4.78 is 0. The summed E-state index contributed by atoms with van der Waals surface area (Å²) in [6.07, 6.45) is 1.94. The van der Waals surface area contributed by atoms with E-state index in [0.717, 1.165) is 19.5 Å². The first-order chi connectivity index (χ1) is 10.0. The van der Waals surface area contributed by atoms with Crippen molar-refractivity contribution in [3.8, 4) is 0 Å². The van der Waals surface area contributed by atoms with Crippen LogP contribution in [-0.4, -0.2) is 53.5 Å². The molecule has 0 aliphatic carbocycles. The monoisotopic (exact) mass is 310 g/mol. The largest absolute Gasteiger partial charge is 0.481 e. The summed E-state index contributed by atoms with van der Waals surface area (Å²) in [7, 11) is 1.83. The zero-order valence-corrected chi connectivity index (χ0v) is 13.1. The Hall–Kier alpha value is -1.40. The van der Waals surface area contributed by atoms with Gasteiger partial charge >= 0.3 is 5.97 Å². The first kappa shape index (κ1) is 16.0. The highest BCUT2D eigenvalue weighted by Gasteiger charge is 2.25. The lowest BCUT2D eigenvalue weighted by Crippen LogP contribution is -2.37. The predicted molar refractivity (Wildman–Crippen MR) is 82.2 cm³/mol. The molecule has 1 atom stereocenters. The van der Waals surface area contributed by atoms with Crippen LogP contribution in [0.3, 0.4) is 0 Å². The molecule has 1 aromatic rings. The first-order valence-electron chi connectivity index (χ1n) is 7.25. The normalized spacial score (nSPS) is 18.8. The van der Waals surface area contributed by atoms with Gasteiger partial charge in [-0.3, -0.25) is 14.5 Å². The molecule has 0 spiro atoms. The number of carbonyl (C=O) groups is 2. The van der Waals surface area contributed by atoms with Crippen LogP contribution in [0, 0.1) is 5.92 Å². The quantitative estimate of drug-likeness (QED) is 0.835. The second kappa shape index (κ2) is 7.56. The molecule has 2 rings (SSSR count). The van der Waals surface area contributed by atoms with Gasteiger partial charge in [-0.1, -0.05) is 6.07 Å². The van der Waals surface area contributed by atoms with Gasteiger partial charge in [-0.15, -0.1) is 11.3 Å². The van der Waals surface area contributed by atoms with Crippen LogP contribution in [0.5, 0.6) is 0 Å². The highest BCUT2D eigenvalue weighted by atomic mass is 32.1. The van der Waals surface area contributed by atoms with Gasteiger partial charge in [-0.2, -0.15) is 0 Å². The number of nitrogens with zero attached hydrogens (tertiary/aromatic N) is 2. The topological polar surface area (TPSA) is 60.9 Å². The molecule has 2 heterocycles. The predicted octanol–water partition coefficient (Wildman–Crippen LogP) is 1.89. The van der Waals surface area contributed by atoms with E-state index in [9.17, 15) is 9.59 Å². The van der Waals surface area contributed by atoms with Gasteiger partial charge < -0.3 is 10.0 Å². The van der Waals surface area contributed by atoms with E-state index in [4.69, 9.17) is 5.11 Å². The molecule has 116 valence electrons. The van der Waals surface area contributed by atoms with Crippen molar-refractivity contribution in [2.45, 2.75) is 25.8 Å². The number of likely N-dealkylation sites (tertiary alicyclic amines) is 1. The number of carboxylic acids is 1. The van der Waals surface area contributed by atoms with Gasteiger partial charge in [0.05, 0.1) is 13.1 Å². The zero-order chi connectivity index (χ0) is 15.2. The van der Waals surface area contributed by atoms with Crippen molar-refractivity contribution in [3.05, 3.63) is 22.4 Å². The molecule has 0 radical (unpaired) electrons. The molecule has 1 amide bonds. The average molecular weight is 310 g/mol.